The highest BCUT2D eigenvalue weighted by atomic mass is 32.1. The maximum Gasteiger partial charge on any atom is 0.411 e. The number of azide groups is 1. The number of carbonyl (C=O) groups is 4. The van der Waals surface area contributed by atoms with Crippen molar-refractivity contribution in [3.63, 3.8) is 0 Å². The largest absolute Gasteiger partial charge is 0.494 e. The van der Waals surface area contributed by atoms with Crippen molar-refractivity contribution in [1.29, 1.82) is 5.41 Å². The van der Waals surface area contributed by atoms with Crippen molar-refractivity contribution in [2.75, 3.05) is 32.9 Å². The minimum absolute atomic E-state index is 0.175. The van der Waals surface area contributed by atoms with E-state index >= 15 is 0 Å². The summed E-state index contributed by atoms with van der Waals surface area (Å²) in [5.74, 6) is -0.711. The molecule has 5 N–H and O–H groups in total. The molecule has 4 amide bonds. The van der Waals surface area contributed by atoms with E-state index in [4.69, 9.17) is 26.1 Å². The molecule has 45 heavy (non-hydrogen) atoms. The number of likely N-dealkylation sites (tertiary alicyclic amines) is 1. The Morgan fingerprint density at radius 3 is 2.76 bits per heavy atom. The number of hydrogen-bond donors (Lipinski definition) is 4. The summed E-state index contributed by atoms with van der Waals surface area (Å²) in [6, 6.07) is 9.40. The van der Waals surface area contributed by atoms with Gasteiger partial charge < -0.3 is 35.5 Å². The number of piperidine rings is 1. The molecule has 1 aromatic heterocycles. The van der Waals surface area contributed by atoms with Crippen LogP contribution >= 0.6 is 11.3 Å². The summed E-state index contributed by atoms with van der Waals surface area (Å²) < 4.78 is 16.0. The number of nitrogens with zero attached hydrogens (tertiary/aromatic N) is 4. The van der Waals surface area contributed by atoms with Gasteiger partial charge in [0, 0.05) is 45.2 Å². The topological polar surface area (TPSA) is 222 Å². The third kappa shape index (κ3) is 8.94. The molecule has 0 radical (unpaired) electrons. The number of para-hydroxylation sites is 1. The first-order valence-corrected chi connectivity index (χ1v) is 15.3. The van der Waals surface area contributed by atoms with Crippen LogP contribution in [0.5, 0.6) is 5.75 Å². The van der Waals surface area contributed by atoms with E-state index in [2.05, 4.69) is 25.4 Å². The number of nitrogens with one attached hydrogen (secondary N) is 3. The summed E-state index contributed by atoms with van der Waals surface area (Å²) in [4.78, 5) is 55.4. The zero-order valence-corrected chi connectivity index (χ0v) is 25.6. The Kier molecular flexibility index (Phi) is 11.4. The van der Waals surface area contributed by atoms with Crippen LogP contribution in [-0.4, -0.2) is 79.6 Å². The van der Waals surface area contributed by atoms with Gasteiger partial charge in [0.25, 0.3) is 0 Å². The SMILES string of the molecule is C[C@@H](NC(=O)[C@@H]1C[C@]2(COCCN=[N+]=[N-])C[C@@H]2N1C(=O)CNC(=O)CCCOc1ccccc1)c1cc(C(=N)OC(N)=O)cs1. The maximum atomic E-state index is 13.6. The first-order chi connectivity index (χ1) is 21.6. The highest BCUT2D eigenvalue weighted by Gasteiger charge is 2.67. The summed E-state index contributed by atoms with van der Waals surface area (Å²) >= 11 is 1.27. The molecule has 240 valence electrons. The number of benzene rings is 1. The molecule has 2 fully saturated rings. The number of amides is 4. The first kappa shape index (κ1) is 33.2. The molecule has 1 aliphatic carbocycles. The van der Waals surface area contributed by atoms with Crippen LogP contribution in [0.15, 0.2) is 46.9 Å². The number of hydrogen-bond acceptors (Lipinski definition) is 10. The van der Waals surface area contributed by atoms with E-state index in [0.29, 0.717) is 48.7 Å². The summed E-state index contributed by atoms with van der Waals surface area (Å²) in [6.07, 6.45) is 0.585. The van der Waals surface area contributed by atoms with E-state index in [1.165, 1.54) is 11.3 Å². The van der Waals surface area contributed by atoms with Gasteiger partial charge in [-0.1, -0.05) is 23.3 Å². The highest BCUT2D eigenvalue weighted by Crippen LogP contribution is 2.59. The molecular formula is C29H36N8O7S. The molecule has 0 spiro atoms. The predicted octanol–water partition coefficient (Wildman–Crippen LogP) is 3.01. The van der Waals surface area contributed by atoms with E-state index in [9.17, 15) is 19.2 Å². The second-order valence-corrected chi connectivity index (χ2v) is 11.8. The second-order valence-electron chi connectivity index (χ2n) is 10.9. The van der Waals surface area contributed by atoms with Gasteiger partial charge in [0.2, 0.25) is 23.6 Å². The second kappa shape index (κ2) is 15.4. The van der Waals surface area contributed by atoms with Crippen molar-refractivity contribution in [2.45, 2.75) is 50.7 Å². The lowest BCUT2D eigenvalue weighted by Gasteiger charge is -2.28. The van der Waals surface area contributed by atoms with E-state index < -0.39 is 29.5 Å². The van der Waals surface area contributed by atoms with Gasteiger partial charge in [-0.3, -0.25) is 19.8 Å². The molecule has 2 heterocycles. The zero-order valence-electron chi connectivity index (χ0n) is 24.8. The number of thiophene rings is 1. The average molecular weight is 641 g/mol. The van der Waals surface area contributed by atoms with Crippen molar-refractivity contribution >= 4 is 41.0 Å². The lowest BCUT2D eigenvalue weighted by Crippen LogP contribution is -2.51. The average Bonchev–Trinajstić information content (AvgIpc) is 3.34. The molecule has 15 nitrogen and oxygen atoms in total. The van der Waals surface area contributed by atoms with Gasteiger partial charge in [-0.25, -0.2) is 4.79 Å². The normalized spacial score (nSPS) is 20.2. The molecule has 0 unspecified atom stereocenters. The van der Waals surface area contributed by atoms with E-state index in [1.807, 2.05) is 30.3 Å². The van der Waals surface area contributed by atoms with Gasteiger partial charge in [0.1, 0.15) is 11.8 Å². The number of rotatable bonds is 16. The van der Waals surface area contributed by atoms with Crippen LogP contribution in [0.2, 0.25) is 0 Å². The highest BCUT2D eigenvalue weighted by molar-refractivity contribution is 7.10. The minimum Gasteiger partial charge on any atom is -0.494 e. The summed E-state index contributed by atoms with van der Waals surface area (Å²) in [7, 11) is 0. The van der Waals surface area contributed by atoms with Gasteiger partial charge in [-0.2, -0.15) is 0 Å². The van der Waals surface area contributed by atoms with Crippen molar-refractivity contribution in [3.8, 4) is 5.75 Å². The molecular weight excluding hydrogens is 604 g/mol. The van der Waals surface area contributed by atoms with E-state index in [0.717, 1.165) is 0 Å². The summed E-state index contributed by atoms with van der Waals surface area (Å²) in [6.45, 7) is 2.57. The molecule has 1 saturated heterocycles. The van der Waals surface area contributed by atoms with Crippen LogP contribution < -0.4 is 21.1 Å². The third-order valence-corrected chi connectivity index (χ3v) is 8.78. The molecule has 2 aromatic rings. The molecule has 1 saturated carbocycles. The number of primary amides is 1. The lowest BCUT2D eigenvalue weighted by molar-refractivity contribution is -0.140. The maximum absolute atomic E-state index is 13.6. The molecule has 0 bridgehead atoms. The Bertz CT molecular complexity index is 1450. The van der Waals surface area contributed by atoms with Gasteiger partial charge in [-0.05, 0) is 49.9 Å². The smallest absolute Gasteiger partial charge is 0.411 e. The fourth-order valence-electron chi connectivity index (χ4n) is 5.38. The summed E-state index contributed by atoms with van der Waals surface area (Å²) in [5.41, 5.74) is 13.4. The monoisotopic (exact) mass is 640 g/mol. The zero-order chi connectivity index (χ0) is 32.4. The van der Waals surface area contributed by atoms with Crippen molar-refractivity contribution in [1.82, 2.24) is 15.5 Å². The van der Waals surface area contributed by atoms with Crippen LogP contribution in [0.4, 0.5) is 4.79 Å². The Labute approximate surface area is 263 Å². The van der Waals surface area contributed by atoms with E-state index in [1.54, 1.807) is 23.3 Å². The summed E-state index contributed by atoms with van der Waals surface area (Å²) in [5, 5.41) is 18.5. The van der Waals surface area contributed by atoms with Crippen LogP contribution in [0.25, 0.3) is 10.4 Å². The van der Waals surface area contributed by atoms with Crippen LogP contribution in [0.1, 0.15) is 49.1 Å². The molecule has 2 aliphatic rings. The predicted molar refractivity (Wildman–Crippen MR) is 163 cm³/mol. The number of fused-ring (bicyclic) bond motifs is 1. The fourth-order valence-corrected chi connectivity index (χ4v) is 6.27. The standard InChI is InChI=1S/C29H36N8O7S/c1-18(22-12-19(16-45-22)26(30)44-28(31)41)35-27(40)21-13-29(17-42-11-9-34-36-32)14-23(29)37(21)25(39)15-33-24(38)8-5-10-43-20-6-3-2-4-7-20/h2-4,6-7,12,16,18,21,23,30H,5,8-11,13-15,17H2,1H3,(H2,31,41)(H,33,38)(H,35,40)/t18-,21+,23+,29-/m1/s1. The Morgan fingerprint density at radius 1 is 1.24 bits per heavy atom. The van der Waals surface area contributed by atoms with Crippen molar-refractivity contribution < 1.29 is 33.4 Å². The van der Waals surface area contributed by atoms with Gasteiger partial charge in [0.15, 0.2) is 0 Å². The first-order valence-electron chi connectivity index (χ1n) is 14.4. The Morgan fingerprint density at radius 2 is 2.02 bits per heavy atom. The molecule has 4 rings (SSSR count). The van der Waals surface area contributed by atoms with Crippen LogP contribution in [0.3, 0.4) is 0 Å². The van der Waals surface area contributed by atoms with Gasteiger partial charge in [-0.15, -0.1) is 11.3 Å². The van der Waals surface area contributed by atoms with Crippen molar-refractivity contribution in [2.24, 2.45) is 16.3 Å². The van der Waals surface area contributed by atoms with Gasteiger partial charge in [0.05, 0.1) is 32.4 Å². The number of carbonyl (C=O) groups excluding carboxylic acids is 4. The van der Waals surface area contributed by atoms with E-state index in [-0.39, 0.29) is 49.9 Å². The van der Waals surface area contributed by atoms with Gasteiger partial charge >= 0.3 is 6.09 Å². The fraction of sp³-hybridized carbons (Fsp3) is 0.483. The molecule has 16 heteroatoms. The number of nitrogens with two attached hydrogens (primary N) is 1. The van der Waals surface area contributed by atoms with Crippen LogP contribution in [0, 0.1) is 10.8 Å². The lowest BCUT2D eigenvalue weighted by atomic mass is 10.00. The van der Waals surface area contributed by atoms with Crippen LogP contribution in [-0.2, 0) is 23.9 Å². The Balaban J connectivity index is 1.34. The molecule has 4 atom stereocenters. The minimum atomic E-state index is -1.09. The molecule has 1 aliphatic heterocycles. The Hall–Kier alpha value is -4.66. The quantitative estimate of drug-likeness (QED) is 0.0535. The molecule has 1 aromatic carbocycles. The van der Waals surface area contributed by atoms with Crippen molar-refractivity contribution in [3.05, 3.63) is 62.7 Å². The third-order valence-electron chi connectivity index (χ3n) is 7.66. The number of ether oxygens (including phenoxy) is 3.